The molecule has 1 atom stereocenters. The van der Waals surface area contributed by atoms with Gasteiger partial charge >= 0.3 is 0 Å². The van der Waals surface area contributed by atoms with Crippen LogP contribution in [0.15, 0.2) is 5.38 Å². The van der Waals surface area contributed by atoms with E-state index in [4.69, 9.17) is 4.98 Å². The van der Waals surface area contributed by atoms with Crippen molar-refractivity contribution in [3.8, 4) is 0 Å². The molecule has 1 aliphatic carbocycles. The molecule has 1 saturated heterocycles. The summed E-state index contributed by atoms with van der Waals surface area (Å²) in [5.41, 5.74) is 1.71. The monoisotopic (exact) mass is 282 g/mol. The van der Waals surface area contributed by atoms with E-state index < -0.39 is 0 Å². The Kier molecular flexibility index (Phi) is 3.23. The second kappa shape index (κ2) is 4.50. The summed E-state index contributed by atoms with van der Waals surface area (Å²) in [4.78, 5) is 4.80. The zero-order chi connectivity index (χ0) is 12.8. The van der Waals surface area contributed by atoms with Crippen molar-refractivity contribution in [2.24, 2.45) is 5.41 Å². The molecule has 0 spiro atoms. The van der Waals surface area contributed by atoms with E-state index in [0.29, 0.717) is 5.41 Å². The number of thiazole rings is 1. The van der Waals surface area contributed by atoms with Crippen LogP contribution in [0, 0.1) is 12.3 Å². The number of aryl methyl sites for hydroxylation is 1. The van der Waals surface area contributed by atoms with E-state index in [9.17, 15) is 0 Å². The van der Waals surface area contributed by atoms with Crippen LogP contribution in [0.2, 0.25) is 0 Å². The molecule has 3 rings (SSSR count). The molecule has 1 aromatic rings. The van der Waals surface area contributed by atoms with Crippen LogP contribution >= 0.6 is 23.1 Å². The van der Waals surface area contributed by atoms with Crippen molar-refractivity contribution in [1.29, 1.82) is 0 Å². The second-order valence-electron chi connectivity index (χ2n) is 6.63. The van der Waals surface area contributed by atoms with Gasteiger partial charge in [-0.05, 0) is 37.4 Å². The first-order valence-corrected chi connectivity index (χ1v) is 8.81. The van der Waals surface area contributed by atoms with Gasteiger partial charge in [0.15, 0.2) is 0 Å². The average molecular weight is 282 g/mol. The van der Waals surface area contributed by atoms with E-state index in [1.54, 1.807) is 0 Å². The van der Waals surface area contributed by atoms with Gasteiger partial charge in [-0.15, -0.1) is 11.3 Å². The maximum atomic E-state index is 4.80. The van der Waals surface area contributed by atoms with Crippen LogP contribution in [-0.4, -0.2) is 22.5 Å². The molecule has 2 heterocycles. The van der Waals surface area contributed by atoms with E-state index in [2.05, 4.69) is 43.2 Å². The lowest BCUT2D eigenvalue weighted by molar-refractivity contribution is 0.221. The largest absolute Gasteiger partial charge is 0.302 e. The molecule has 0 radical (unpaired) electrons. The highest BCUT2D eigenvalue weighted by Gasteiger charge is 2.46. The Labute approximate surface area is 118 Å². The molecular weight excluding hydrogens is 260 g/mol. The van der Waals surface area contributed by atoms with Gasteiger partial charge in [-0.25, -0.2) is 4.98 Å². The Bertz CT molecular complexity index is 437. The van der Waals surface area contributed by atoms with Crippen molar-refractivity contribution in [2.45, 2.75) is 51.6 Å². The van der Waals surface area contributed by atoms with Crippen molar-refractivity contribution in [3.63, 3.8) is 0 Å². The van der Waals surface area contributed by atoms with Crippen LogP contribution < -0.4 is 5.32 Å². The van der Waals surface area contributed by atoms with Gasteiger partial charge in [0.2, 0.25) is 0 Å². The lowest BCUT2D eigenvalue weighted by Gasteiger charge is -2.44. The van der Waals surface area contributed by atoms with Crippen LogP contribution in [0.25, 0.3) is 0 Å². The molecule has 4 heteroatoms. The Morgan fingerprint density at radius 2 is 2.11 bits per heavy atom. The highest BCUT2D eigenvalue weighted by Crippen LogP contribution is 2.46. The normalized spacial score (nSPS) is 31.5. The standard InChI is InChI=1S/C14H22N2S2/c1-10-6-18-12(15-10)14(16-11-4-5-11)7-13(2,3)8-17-9-14/h6,11,16H,4-5,7-9H2,1-3H3. The molecule has 18 heavy (non-hydrogen) atoms. The van der Waals surface area contributed by atoms with Crippen LogP contribution in [0.3, 0.4) is 0 Å². The first-order chi connectivity index (χ1) is 8.49. The summed E-state index contributed by atoms with van der Waals surface area (Å²) >= 11 is 3.93. The third-order valence-electron chi connectivity index (χ3n) is 3.71. The molecule has 2 nitrogen and oxygen atoms in total. The van der Waals surface area contributed by atoms with E-state index in [0.717, 1.165) is 6.04 Å². The van der Waals surface area contributed by atoms with Crippen LogP contribution in [0.4, 0.5) is 0 Å². The van der Waals surface area contributed by atoms with Crippen molar-refractivity contribution in [2.75, 3.05) is 11.5 Å². The Morgan fingerprint density at radius 3 is 2.67 bits per heavy atom. The minimum absolute atomic E-state index is 0.131. The summed E-state index contributed by atoms with van der Waals surface area (Å²) in [5.74, 6) is 2.45. The molecule has 100 valence electrons. The number of rotatable bonds is 3. The fraction of sp³-hybridized carbons (Fsp3) is 0.786. The summed E-state index contributed by atoms with van der Waals surface area (Å²) in [6, 6.07) is 0.740. The summed E-state index contributed by atoms with van der Waals surface area (Å²) in [6.07, 6.45) is 3.91. The molecule has 2 fully saturated rings. The first-order valence-electron chi connectivity index (χ1n) is 6.77. The summed E-state index contributed by atoms with van der Waals surface area (Å²) < 4.78 is 0. The Morgan fingerprint density at radius 1 is 1.33 bits per heavy atom. The zero-order valence-corrected chi connectivity index (χ0v) is 13.1. The van der Waals surface area contributed by atoms with Crippen LogP contribution in [0.5, 0.6) is 0 Å². The molecule has 1 aliphatic heterocycles. The molecule has 0 bridgehead atoms. The molecular formula is C14H22N2S2. The third kappa shape index (κ3) is 2.61. The first kappa shape index (κ1) is 12.9. The quantitative estimate of drug-likeness (QED) is 0.917. The van der Waals surface area contributed by atoms with Gasteiger partial charge in [-0.3, -0.25) is 0 Å². The average Bonchev–Trinajstić information content (AvgIpc) is 2.96. The lowest BCUT2D eigenvalue weighted by atomic mass is 9.80. The predicted molar refractivity (Wildman–Crippen MR) is 80.4 cm³/mol. The smallest absolute Gasteiger partial charge is 0.114 e. The molecule has 1 saturated carbocycles. The summed E-state index contributed by atoms with van der Waals surface area (Å²) in [5, 5.41) is 7.42. The fourth-order valence-corrected chi connectivity index (χ4v) is 5.38. The van der Waals surface area contributed by atoms with Crippen molar-refractivity contribution in [3.05, 3.63) is 16.1 Å². The number of hydrogen-bond donors (Lipinski definition) is 1. The van der Waals surface area contributed by atoms with E-state index in [-0.39, 0.29) is 5.54 Å². The number of nitrogens with zero attached hydrogens (tertiary/aromatic N) is 1. The van der Waals surface area contributed by atoms with Crippen molar-refractivity contribution in [1.82, 2.24) is 10.3 Å². The minimum Gasteiger partial charge on any atom is -0.302 e. The number of thioether (sulfide) groups is 1. The topological polar surface area (TPSA) is 24.9 Å². The van der Waals surface area contributed by atoms with Gasteiger partial charge < -0.3 is 5.32 Å². The van der Waals surface area contributed by atoms with Gasteiger partial charge in [0, 0.05) is 22.9 Å². The Balaban J connectivity index is 1.92. The molecule has 1 aromatic heterocycles. The van der Waals surface area contributed by atoms with Crippen molar-refractivity contribution < 1.29 is 0 Å². The molecule has 1 N–H and O–H groups in total. The van der Waals surface area contributed by atoms with Gasteiger partial charge in [-0.2, -0.15) is 11.8 Å². The predicted octanol–water partition coefficient (Wildman–Crippen LogP) is 3.56. The molecule has 1 unspecified atom stereocenters. The SMILES string of the molecule is Cc1csc(C2(NC3CC3)CSCC(C)(C)C2)n1. The maximum absolute atomic E-state index is 4.80. The van der Waals surface area contributed by atoms with E-state index in [1.165, 1.54) is 41.5 Å². The molecule has 0 amide bonds. The van der Waals surface area contributed by atoms with Crippen molar-refractivity contribution >= 4 is 23.1 Å². The van der Waals surface area contributed by atoms with E-state index >= 15 is 0 Å². The third-order valence-corrected chi connectivity index (χ3v) is 6.55. The zero-order valence-electron chi connectivity index (χ0n) is 11.5. The highest BCUT2D eigenvalue weighted by atomic mass is 32.2. The number of aromatic nitrogens is 1. The van der Waals surface area contributed by atoms with Crippen LogP contribution in [0.1, 0.15) is 43.8 Å². The van der Waals surface area contributed by atoms with Gasteiger partial charge in [0.1, 0.15) is 5.01 Å². The minimum atomic E-state index is 0.131. The number of hydrogen-bond acceptors (Lipinski definition) is 4. The number of nitrogens with one attached hydrogen (secondary N) is 1. The van der Waals surface area contributed by atoms with Crippen LogP contribution in [-0.2, 0) is 5.54 Å². The summed E-state index contributed by atoms with van der Waals surface area (Å²) in [7, 11) is 0. The lowest BCUT2D eigenvalue weighted by Crippen LogP contribution is -2.51. The summed E-state index contributed by atoms with van der Waals surface area (Å²) in [6.45, 7) is 6.89. The van der Waals surface area contributed by atoms with E-state index in [1.807, 2.05) is 11.3 Å². The fourth-order valence-electron chi connectivity index (χ4n) is 2.90. The molecule has 2 aliphatic rings. The van der Waals surface area contributed by atoms with Gasteiger partial charge in [-0.1, -0.05) is 13.8 Å². The Hall–Kier alpha value is -0.0600. The van der Waals surface area contributed by atoms with Gasteiger partial charge in [0.25, 0.3) is 0 Å². The molecule has 0 aromatic carbocycles. The maximum Gasteiger partial charge on any atom is 0.114 e. The highest BCUT2D eigenvalue weighted by molar-refractivity contribution is 7.99. The second-order valence-corrected chi connectivity index (χ2v) is 8.47. The van der Waals surface area contributed by atoms with Gasteiger partial charge in [0.05, 0.1) is 5.54 Å².